The highest BCUT2D eigenvalue weighted by molar-refractivity contribution is 6.31. The summed E-state index contributed by atoms with van der Waals surface area (Å²) in [5, 5.41) is 12.6. The third-order valence-electron chi connectivity index (χ3n) is 3.55. The van der Waals surface area contributed by atoms with Crippen molar-refractivity contribution in [1.82, 2.24) is 5.32 Å². The van der Waals surface area contributed by atoms with E-state index in [0.717, 1.165) is 12.0 Å². The molecule has 114 valence electrons. The highest BCUT2D eigenvalue weighted by Gasteiger charge is 2.23. The third kappa shape index (κ3) is 4.22. The van der Waals surface area contributed by atoms with Crippen LogP contribution in [0.15, 0.2) is 30.4 Å². The number of aryl methyl sites for hydroxylation is 1. The number of rotatable bonds is 5. The SMILES string of the molecule is Cc1cc(OC(C)C(=O)N[C@@H]2C=C[C@H](CO)C2)ccc1Cl. The van der Waals surface area contributed by atoms with E-state index in [1.165, 1.54) is 0 Å². The largest absolute Gasteiger partial charge is 0.481 e. The van der Waals surface area contributed by atoms with Crippen molar-refractivity contribution in [2.24, 2.45) is 5.92 Å². The van der Waals surface area contributed by atoms with Crippen molar-refractivity contribution in [3.05, 3.63) is 40.9 Å². The van der Waals surface area contributed by atoms with E-state index < -0.39 is 6.10 Å². The lowest BCUT2D eigenvalue weighted by molar-refractivity contribution is -0.127. The van der Waals surface area contributed by atoms with Crippen molar-refractivity contribution in [2.45, 2.75) is 32.4 Å². The Balaban J connectivity index is 1.88. The number of ether oxygens (including phenoxy) is 1. The summed E-state index contributed by atoms with van der Waals surface area (Å²) in [5.41, 5.74) is 0.909. The normalized spacial score (nSPS) is 22.1. The van der Waals surface area contributed by atoms with Crippen LogP contribution in [0.25, 0.3) is 0 Å². The van der Waals surface area contributed by atoms with Crippen molar-refractivity contribution in [3.63, 3.8) is 0 Å². The fourth-order valence-electron chi connectivity index (χ4n) is 2.27. The van der Waals surface area contributed by atoms with Crippen molar-refractivity contribution >= 4 is 17.5 Å². The van der Waals surface area contributed by atoms with Crippen molar-refractivity contribution in [3.8, 4) is 5.75 Å². The summed E-state index contributed by atoms with van der Waals surface area (Å²) in [6.45, 7) is 3.71. The number of halogens is 1. The van der Waals surface area contributed by atoms with E-state index in [9.17, 15) is 4.79 Å². The number of hydrogen-bond acceptors (Lipinski definition) is 3. The standard InChI is InChI=1S/C16H20ClNO3/c1-10-7-14(5-6-15(10)17)21-11(2)16(20)18-13-4-3-12(8-13)9-19/h3-7,11-13,19H,8-9H2,1-2H3,(H,18,20)/t11?,12-,13+/m0/s1. The molecule has 3 atom stereocenters. The minimum atomic E-state index is -0.591. The van der Waals surface area contributed by atoms with Crippen LogP contribution in [0, 0.1) is 12.8 Å². The summed E-state index contributed by atoms with van der Waals surface area (Å²) in [6, 6.07) is 5.27. The van der Waals surface area contributed by atoms with Crippen LogP contribution >= 0.6 is 11.6 Å². The molecule has 0 heterocycles. The molecular weight excluding hydrogens is 290 g/mol. The maximum Gasteiger partial charge on any atom is 0.261 e. The predicted molar refractivity (Wildman–Crippen MR) is 82.5 cm³/mol. The number of hydrogen-bond donors (Lipinski definition) is 2. The summed E-state index contributed by atoms with van der Waals surface area (Å²) in [7, 11) is 0. The smallest absolute Gasteiger partial charge is 0.261 e. The Kier molecular flexibility index (Phi) is 5.26. The van der Waals surface area contributed by atoms with E-state index in [0.29, 0.717) is 10.8 Å². The van der Waals surface area contributed by atoms with Gasteiger partial charge < -0.3 is 15.2 Å². The molecule has 1 aromatic carbocycles. The molecule has 2 N–H and O–H groups in total. The van der Waals surface area contributed by atoms with E-state index in [1.54, 1.807) is 19.1 Å². The second-order valence-electron chi connectivity index (χ2n) is 5.35. The monoisotopic (exact) mass is 309 g/mol. The van der Waals surface area contributed by atoms with Crippen molar-refractivity contribution in [1.29, 1.82) is 0 Å². The number of carbonyl (C=O) groups is 1. The van der Waals surface area contributed by atoms with Gasteiger partial charge in [-0.05, 0) is 44.0 Å². The average molecular weight is 310 g/mol. The molecular formula is C16H20ClNO3. The number of carbonyl (C=O) groups excluding carboxylic acids is 1. The van der Waals surface area contributed by atoms with E-state index in [2.05, 4.69) is 5.32 Å². The van der Waals surface area contributed by atoms with Gasteiger partial charge in [0.1, 0.15) is 5.75 Å². The molecule has 5 heteroatoms. The Morgan fingerprint density at radius 1 is 1.52 bits per heavy atom. The lowest BCUT2D eigenvalue weighted by atomic mass is 10.1. The van der Waals surface area contributed by atoms with Gasteiger partial charge in [0.15, 0.2) is 6.10 Å². The predicted octanol–water partition coefficient (Wildman–Crippen LogP) is 2.47. The number of benzene rings is 1. The van der Waals surface area contributed by atoms with E-state index in [4.69, 9.17) is 21.4 Å². The summed E-state index contributed by atoms with van der Waals surface area (Å²) >= 11 is 5.96. The molecule has 0 bridgehead atoms. The van der Waals surface area contributed by atoms with Gasteiger partial charge in [-0.3, -0.25) is 4.79 Å². The number of aliphatic hydroxyl groups excluding tert-OH is 1. The van der Waals surface area contributed by atoms with Gasteiger partial charge >= 0.3 is 0 Å². The second-order valence-corrected chi connectivity index (χ2v) is 5.76. The Morgan fingerprint density at radius 3 is 2.90 bits per heavy atom. The van der Waals surface area contributed by atoms with Gasteiger partial charge in [0, 0.05) is 23.6 Å². The number of amides is 1. The van der Waals surface area contributed by atoms with Gasteiger partial charge in [-0.25, -0.2) is 0 Å². The Labute approximate surface area is 129 Å². The van der Waals surface area contributed by atoms with Crippen LogP contribution in [0.2, 0.25) is 5.02 Å². The molecule has 0 fully saturated rings. The highest BCUT2D eigenvalue weighted by Crippen LogP contribution is 2.22. The first kappa shape index (κ1) is 15.9. The number of nitrogens with one attached hydrogen (secondary N) is 1. The lowest BCUT2D eigenvalue weighted by Gasteiger charge is -2.18. The molecule has 21 heavy (non-hydrogen) atoms. The van der Waals surface area contributed by atoms with Gasteiger partial charge in [-0.1, -0.05) is 23.8 Å². The van der Waals surface area contributed by atoms with Gasteiger partial charge in [0.05, 0.1) is 0 Å². The van der Waals surface area contributed by atoms with Crippen LogP contribution in [0.3, 0.4) is 0 Å². The van der Waals surface area contributed by atoms with Gasteiger partial charge in [-0.15, -0.1) is 0 Å². The first-order valence-electron chi connectivity index (χ1n) is 7.02. The maximum atomic E-state index is 12.1. The summed E-state index contributed by atoms with van der Waals surface area (Å²) < 4.78 is 5.63. The topological polar surface area (TPSA) is 58.6 Å². The molecule has 4 nitrogen and oxygen atoms in total. The zero-order chi connectivity index (χ0) is 15.4. The first-order chi connectivity index (χ1) is 9.99. The molecule has 1 aromatic rings. The fraction of sp³-hybridized carbons (Fsp3) is 0.438. The molecule has 1 aliphatic carbocycles. The van der Waals surface area contributed by atoms with Gasteiger partial charge in [0.2, 0.25) is 0 Å². The Hall–Kier alpha value is -1.52. The number of aliphatic hydroxyl groups is 1. The maximum absolute atomic E-state index is 12.1. The Bertz CT molecular complexity index is 544. The first-order valence-corrected chi connectivity index (χ1v) is 7.39. The van der Waals surface area contributed by atoms with E-state index in [1.807, 2.05) is 25.1 Å². The van der Waals surface area contributed by atoms with Crippen LogP contribution in [-0.4, -0.2) is 29.8 Å². The van der Waals surface area contributed by atoms with E-state index >= 15 is 0 Å². The minimum absolute atomic E-state index is 0.0346. The molecule has 1 aliphatic rings. The van der Waals surface area contributed by atoms with Crippen LogP contribution in [0.4, 0.5) is 0 Å². The molecule has 2 rings (SSSR count). The molecule has 0 radical (unpaired) electrons. The van der Waals surface area contributed by atoms with Crippen LogP contribution < -0.4 is 10.1 Å². The van der Waals surface area contributed by atoms with Crippen LogP contribution in [0.1, 0.15) is 18.9 Å². The van der Waals surface area contributed by atoms with Crippen LogP contribution in [0.5, 0.6) is 5.75 Å². The second kappa shape index (κ2) is 6.96. The lowest BCUT2D eigenvalue weighted by Crippen LogP contribution is -2.41. The molecule has 0 spiro atoms. The van der Waals surface area contributed by atoms with Gasteiger partial charge in [0.25, 0.3) is 5.91 Å². The highest BCUT2D eigenvalue weighted by atomic mass is 35.5. The van der Waals surface area contributed by atoms with Crippen molar-refractivity contribution < 1.29 is 14.6 Å². The van der Waals surface area contributed by atoms with Crippen molar-refractivity contribution in [2.75, 3.05) is 6.61 Å². The zero-order valence-electron chi connectivity index (χ0n) is 12.2. The molecule has 1 amide bonds. The quantitative estimate of drug-likeness (QED) is 0.822. The molecule has 0 saturated carbocycles. The molecule has 0 saturated heterocycles. The summed E-state index contributed by atoms with van der Waals surface area (Å²) in [4.78, 5) is 12.1. The molecule has 0 aliphatic heterocycles. The van der Waals surface area contributed by atoms with Crippen LogP contribution in [-0.2, 0) is 4.79 Å². The summed E-state index contributed by atoms with van der Waals surface area (Å²) in [5.74, 6) is 0.580. The summed E-state index contributed by atoms with van der Waals surface area (Å²) in [6.07, 6.45) is 3.98. The van der Waals surface area contributed by atoms with Gasteiger partial charge in [-0.2, -0.15) is 0 Å². The average Bonchev–Trinajstić information content (AvgIpc) is 2.90. The Morgan fingerprint density at radius 2 is 2.29 bits per heavy atom. The minimum Gasteiger partial charge on any atom is -0.481 e. The zero-order valence-corrected chi connectivity index (χ0v) is 12.9. The van der Waals surface area contributed by atoms with E-state index in [-0.39, 0.29) is 24.5 Å². The third-order valence-corrected chi connectivity index (χ3v) is 3.97. The molecule has 1 unspecified atom stereocenters. The fourth-order valence-corrected chi connectivity index (χ4v) is 2.38. The molecule has 0 aromatic heterocycles.